The molecule has 2 aromatic rings. The van der Waals surface area contributed by atoms with Crippen molar-refractivity contribution in [1.29, 1.82) is 0 Å². The van der Waals surface area contributed by atoms with Crippen molar-refractivity contribution in [1.82, 2.24) is 9.88 Å². The van der Waals surface area contributed by atoms with Crippen molar-refractivity contribution in [2.24, 2.45) is 0 Å². The number of carbonyl (C=O) groups is 1. The molecule has 4 heteroatoms. The van der Waals surface area contributed by atoms with Gasteiger partial charge in [-0.05, 0) is 23.8 Å². The summed E-state index contributed by atoms with van der Waals surface area (Å²) in [6.07, 6.45) is 3.47. The normalized spacial score (nSPS) is 10.8. The molecule has 0 radical (unpaired) electrons. The van der Waals surface area contributed by atoms with Gasteiger partial charge < -0.3 is 5.11 Å². The molecule has 2 rings (SSSR count). The monoisotopic (exact) mass is 256 g/mol. The second-order valence-corrected chi connectivity index (χ2v) is 4.38. The zero-order chi connectivity index (χ0) is 13.7. The summed E-state index contributed by atoms with van der Waals surface area (Å²) in [5, 5.41) is 9.94. The number of hydrogen-bond donors (Lipinski definition) is 1. The van der Waals surface area contributed by atoms with Crippen LogP contribution in [0.25, 0.3) is 10.9 Å². The van der Waals surface area contributed by atoms with E-state index < -0.39 is 5.97 Å². The van der Waals surface area contributed by atoms with Crippen molar-refractivity contribution in [3.8, 4) is 0 Å². The first-order valence-corrected chi connectivity index (χ1v) is 6.08. The van der Waals surface area contributed by atoms with Gasteiger partial charge in [0.25, 0.3) is 0 Å². The molecule has 1 aromatic carbocycles. The summed E-state index contributed by atoms with van der Waals surface area (Å²) in [6, 6.07) is 9.87. The molecule has 0 unspecified atom stereocenters. The summed E-state index contributed by atoms with van der Waals surface area (Å²) in [5.74, 6) is -0.829. The number of pyridine rings is 1. The van der Waals surface area contributed by atoms with Crippen LogP contribution in [0.5, 0.6) is 0 Å². The van der Waals surface area contributed by atoms with Crippen molar-refractivity contribution in [3.63, 3.8) is 0 Å². The lowest BCUT2D eigenvalue weighted by Gasteiger charge is -2.18. The third kappa shape index (κ3) is 3.63. The number of carboxylic acid groups (broad SMARTS) is 1. The van der Waals surface area contributed by atoms with Gasteiger partial charge in [-0.3, -0.25) is 14.7 Å². The Balaban J connectivity index is 2.18. The van der Waals surface area contributed by atoms with Gasteiger partial charge in [-0.25, -0.2) is 0 Å². The van der Waals surface area contributed by atoms with Crippen LogP contribution in [0.2, 0.25) is 0 Å². The first-order chi connectivity index (χ1) is 9.19. The van der Waals surface area contributed by atoms with Gasteiger partial charge in [-0.1, -0.05) is 18.2 Å². The highest BCUT2D eigenvalue weighted by Gasteiger charge is 2.09. The van der Waals surface area contributed by atoms with Gasteiger partial charge in [-0.2, -0.15) is 0 Å². The maximum absolute atomic E-state index is 10.8. The molecule has 0 fully saturated rings. The molecular formula is C15H16N2O2. The van der Waals surface area contributed by atoms with E-state index in [1.54, 1.807) is 12.3 Å². The first-order valence-electron chi connectivity index (χ1n) is 6.08. The fourth-order valence-electron chi connectivity index (χ4n) is 2.04. The highest BCUT2D eigenvalue weighted by Crippen LogP contribution is 2.14. The molecule has 0 aliphatic heterocycles. The minimum atomic E-state index is -0.829. The topological polar surface area (TPSA) is 53.4 Å². The average molecular weight is 256 g/mol. The number of hydrogen-bond acceptors (Lipinski definition) is 3. The predicted octanol–water partition coefficient (Wildman–Crippen LogP) is 2.31. The van der Waals surface area contributed by atoms with E-state index in [2.05, 4.69) is 11.6 Å². The third-order valence-corrected chi connectivity index (χ3v) is 2.82. The summed E-state index contributed by atoms with van der Waals surface area (Å²) in [5.41, 5.74) is 2.02. The summed E-state index contributed by atoms with van der Waals surface area (Å²) < 4.78 is 0. The van der Waals surface area contributed by atoms with Gasteiger partial charge in [0.2, 0.25) is 0 Å². The molecule has 0 spiro atoms. The van der Waals surface area contributed by atoms with Gasteiger partial charge >= 0.3 is 5.97 Å². The standard InChI is InChI=1S/C15H16N2O2/c1-2-8-17(11-15(18)19)10-12-5-6-14-13(9-12)4-3-7-16-14/h2-7,9H,1,8,10-11H2,(H,18,19). The maximum atomic E-state index is 10.8. The molecule has 0 bridgehead atoms. The SMILES string of the molecule is C=CCN(CC(=O)O)Cc1ccc2ncccc2c1. The molecule has 1 aromatic heterocycles. The fourth-order valence-corrected chi connectivity index (χ4v) is 2.04. The zero-order valence-electron chi connectivity index (χ0n) is 10.6. The van der Waals surface area contributed by atoms with E-state index in [9.17, 15) is 4.79 Å². The quantitative estimate of drug-likeness (QED) is 0.806. The highest BCUT2D eigenvalue weighted by molar-refractivity contribution is 5.78. The van der Waals surface area contributed by atoms with Crippen molar-refractivity contribution < 1.29 is 9.90 Å². The van der Waals surface area contributed by atoms with Crippen molar-refractivity contribution in [2.75, 3.05) is 13.1 Å². The van der Waals surface area contributed by atoms with Crippen LogP contribution in [0, 0.1) is 0 Å². The molecule has 1 heterocycles. The van der Waals surface area contributed by atoms with E-state index in [1.807, 2.05) is 35.2 Å². The molecule has 0 saturated carbocycles. The molecule has 1 N–H and O–H groups in total. The van der Waals surface area contributed by atoms with Crippen LogP contribution in [0.4, 0.5) is 0 Å². The molecule has 0 atom stereocenters. The molecule has 0 aliphatic rings. The largest absolute Gasteiger partial charge is 0.480 e. The Hall–Kier alpha value is -2.20. The number of rotatable bonds is 6. The van der Waals surface area contributed by atoms with Crippen LogP contribution in [0.15, 0.2) is 49.2 Å². The van der Waals surface area contributed by atoms with Gasteiger partial charge in [0.1, 0.15) is 0 Å². The summed E-state index contributed by atoms with van der Waals surface area (Å²) in [6.45, 7) is 4.81. The molecule has 19 heavy (non-hydrogen) atoms. The minimum absolute atomic E-state index is 0.0110. The van der Waals surface area contributed by atoms with Crippen LogP contribution in [0.3, 0.4) is 0 Å². The molecule has 0 saturated heterocycles. The Morgan fingerprint density at radius 1 is 1.42 bits per heavy atom. The number of nitrogens with zero attached hydrogens (tertiary/aromatic N) is 2. The average Bonchev–Trinajstić information content (AvgIpc) is 2.38. The van der Waals surface area contributed by atoms with Crippen molar-refractivity contribution in [3.05, 3.63) is 54.7 Å². The maximum Gasteiger partial charge on any atom is 0.317 e. The molecular weight excluding hydrogens is 240 g/mol. The smallest absolute Gasteiger partial charge is 0.317 e. The summed E-state index contributed by atoms with van der Waals surface area (Å²) in [7, 11) is 0. The molecule has 0 amide bonds. The number of fused-ring (bicyclic) bond motifs is 1. The third-order valence-electron chi connectivity index (χ3n) is 2.82. The van der Waals surface area contributed by atoms with Crippen LogP contribution >= 0.6 is 0 Å². The second-order valence-electron chi connectivity index (χ2n) is 4.38. The number of benzene rings is 1. The number of aliphatic carboxylic acids is 1. The lowest BCUT2D eigenvalue weighted by atomic mass is 10.1. The Morgan fingerprint density at radius 3 is 3.00 bits per heavy atom. The van der Waals surface area contributed by atoms with E-state index in [0.29, 0.717) is 13.1 Å². The first kappa shape index (κ1) is 13.2. The van der Waals surface area contributed by atoms with E-state index in [4.69, 9.17) is 5.11 Å². The van der Waals surface area contributed by atoms with Gasteiger partial charge in [-0.15, -0.1) is 6.58 Å². The fraction of sp³-hybridized carbons (Fsp3) is 0.200. The van der Waals surface area contributed by atoms with Crippen molar-refractivity contribution >= 4 is 16.9 Å². The Morgan fingerprint density at radius 2 is 2.26 bits per heavy atom. The summed E-state index contributed by atoms with van der Waals surface area (Å²) >= 11 is 0. The zero-order valence-corrected chi connectivity index (χ0v) is 10.6. The van der Waals surface area contributed by atoms with Crippen LogP contribution < -0.4 is 0 Å². The van der Waals surface area contributed by atoms with Crippen LogP contribution in [-0.4, -0.2) is 34.0 Å². The van der Waals surface area contributed by atoms with Crippen LogP contribution in [0.1, 0.15) is 5.56 Å². The number of aromatic nitrogens is 1. The Labute approximate surface area is 112 Å². The highest BCUT2D eigenvalue weighted by atomic mass is 16.4. The van der Waals surface area contributed by atoms with E-state index in [0.717, 1.165) is 16.5 Å². The predicted molar refractivity (Wildman–Crippen MR) is 74.9 cm³/mol. The van der Waals surface area contributed by atoms with Gasteiger partial charge in [0.05, 0.1) is 12.1 Å². The van der Waals surface area contributed by atoms with E-state index in [1.165, 1.54) is 0 Å². The van der Waals surface area contributed by atoms with Gasteiger partial charge in [0.15, 0.2) is 0 Å². The van der Waals surface area contributed by atoms with Crippen LogP contribution in [-0.2, 0) is 11.3 Å². The van der Waals surface area contributed by atoms with Gasteiger partial charge in [0, 0.05) is 24.7 Å². The molecule has 98 valence electrons. The number of carboxylic acids is 1. The second kappa shape index (κ2) is 6.11. The van der Waals surface area contributed by atoms with E-state index >= 15 is 0 Å². The lowest BCUT2D eigenvalue weighted by molar-refractivity contribution is -0.138. The Kier molecular flexibility index (Phi) is 4.26. The molecule has 4 nitrogen and oxygen atoms in total. The summed E-state index contributed by atoms with van der Waals surface area (Å²) in [4.78, 5) is 16.9. The van der Waals surface area contributed by atoms with E-state index in [-0.39, 0.29) is 6.54 Å². The Bertz CT molecular complexity index is 595. The molecule has 0 aliphatic carbocycles. The minimum Gasteiger partial charge on any atom is -0.480 e. The van der Waals surface area contributed by atoms with Crippen molar-refractivity contribution in [2.45, 2.75) is 6.54 Å². The lowest BCUT2D eigenvalue weighted by Crippen LogP contribution is -2.29.